The molecule has 1 amide bonds. The van der Waals surface area contributed by atoms with Gasteiger partial charge in [-0.25, -0.2) is 8.42 Å². The third-order valence-corrected chi connectivity index (χ3v) is 5.80. The molecule has 2 aromatic rings. The molecule has 0 aliphatic heterocycles. The molecule has 0 radical (unpaired) electrons. The highest BCUT2D eigenvalue weighted by molar-refractivity contribution is 7.92. The molecule has 0 fully saturated rings. The monoisotopic (exact) mass is 442 g/mol. The van der Waals surface area contributed by atoms with Gasteiger partial charge in [0, 0.05) is 19.5 Å². The van der Waals surface area contributed by atoms with Gasteiger partial charge in [-0.2, -0.15) is 13.2 Å². The van der Waals surface area contributed by atoms with Crippen LogP contribution in [0, 0.1) is 0 Å². The number of amides is 1. The number of anilines is 1. The van der Waals surface area contributed by atoms with E-state index < -0.39 is 27.5 Å². The van der Waals surface area contributed by atoms with Crippen LogP contribution in [0.15, 0.2) is 54.6 Å². The zero-order chi connectivity index (χ0) is 22.4. The van der Waals surface area contributed by atoms with Gasteiger partial charge in [0.1, 0.15) is 0 Å². The van der Waals surface area contributed by atoms with Crippen molar-refractivity contribution in [1.82, 2.24) is 5.32 Å². The summed E-state index contributed by atoms with van der Waals surface area (Å²) in [7, 11) is -3.96. The molecule has 1 unspecified atom stereocenters. The van der Waals surface area contributed by atoms with Gasteiger partial charge in [0.15, 0.2) is 0 Å². The van der Waals surface area contributed by atoms with Crippen LogP contribution in [0.4, 0.5) is 18.9 Å². The van der Waals surface area contributed by atoms with Gasteiger partial charge >= 0.3 is 6.18 Å². The first-order chi connectivity index (χ1) is 14.0. The molecule has 1 N–H and O–H groups in total. The van der Waals surface area contributed by atoms with E-state index in [1.807, 2.05) is 37.3 Å². The topological polar surface area (TPSA) is 66.5 Å². The van der Waals surface area contributed by atoms with Gasteiger partial charge in [0.25, 0.3) is 0 Å². The molecule has 0 aliphatic carbocycles. The number of carbonyl (C=O) groups excluding carboxylic acids is 1. The number of carbonyl (C=O) groups is 1. The van der Waals surface area contributed by atoms with Crippen LogP contribution in [0.5, 0.6) is 0 Å². The molecule has 0 aliphatic rings. The molecular formula is C21H25F3N2O3S. The number of nitrogens with one attached hydrogen (secondary N) is 1. The van der Waals surface area contributed by atoms with Gasteiger partial charge in [-0.1, -0.05) is 49.4 Å². The van der Waals surface area contributed by atoms with E-state index in [1.54, 1.807) is 0 Å². The molecular weight excluding hydrogens is 417 g/mol. The smallest absolute Gasteiger partial charge is 0.356 e. The predicted octanol–water partition coefficient (Wildman–Crippen LogP) is 4.17. The molecule has 0 saturated carbocycles. The lowest BCUT2D eigenvalue weighted by atomic mass is 10.0. The van der Waals surface area contributed by atoms with E-state index in [0.29, 0.717) is 10.8 Å². The van der Waals surface area contributed by atoms with Crippen LogP contribution < -0.4 is 9.62 Å². The van der Waals surface area contributed by atoms with Crippen molar-refractivity contribution in [2.75, 3.05) is 23.7 Å². The fourth-order valence-corrected chi connectivity index (χ4v) is 4.01. The normalized spacial score (nSPS) is 13.0. The first-order valence-electron chi connectivity index (χ1n) is 9.45. The van der Waals surface area contributed by atoms with Crippen LogP contribution in [0.25, 0.3) is 0 Å². The van der Waals surface area contributed by atoms with E-state index in [0.717, 1.165) is 24.0 Å². The second kappa shape index (κ2) is 9.97. The van der Waals surface area contributed by atoms with E-state index in [1.165, 1.54) is 12.1 Å². The largest absolute Gasteiger partial charge is 0.418 e. The molecule has 2 rings (SSSR count). The molecule has 0 spiro atoms. The number of sulfonamides is 1. The second-order valence-corrected chi connectivity index (χ2v) is 8.98. The van der Waals surface area contributed by atoms with Gasteiger partial charge in [0.2, 0.25) is 15.9 Å². The lowest BCUT2D eigenvalue weighted by molar-refractivity contribution is -0.137. The van der Waals surface area contributed by atoms with Crippen LogP contribution in [-0.4, -0.2) is 33.7 Å². The second-order valence-electron chi connectivity index (χ2n) is 7.07. The Morgan fingerprint density at radius 1 is 1.07 bits per heavy atom. The van der Waals surface area contributed by atoms with Crippen LogP contribution in [0.3, 0.4) is 0 Å². The molecule has 0 aromatic heterocycles. The lowest BCUT2D eigenvalue weighted by Gasteiger charge is -2.25. The lowest BCUT2D eigenvalue weighted by Crippen LogP contribution is -2.34. The van der Waals surface area contributed by atoms with E-state index >= 15 is 0 Å². The summed E-state index contributed by atoms with van der Waals surface area (Å²) in [6.07, 6.45) is -3.75. The van der Waals surface area contributed by atoms with Crippen molar-refractivity contribution in [1.29, 1.82) is 0 Å². The minimum absolute atomic E-state index is 0.00170. The van der Waals surface area contributed by atoms with E-state index in [9.17, 15) is 26.4 Å². The maximum Gasteiger partial charge on any atom is 0.418 e. The number of benzene rings is 2. The number of hydrogen-bond acceptors (Lipinski definition) is 3. The molecule has 9 heteroatoms. The number of hydrogen-bond donors (Lipinski definition) is 1. The predicted molar refractivity (Wildman–Crippen MR) is 111 cm³/mol. The number of rotatable bonds is 9. The zero-order valence-electron chi connectivity index (χ0n) is 16.8. The van der Waals surface area contributed by atoms with Crippen LogP contribution in [0.1, 0.15) is 36.8 Å². The third-order valence-electron chi connectivity index (χ3n) is 4.62. The summed E-state index contributed by atoms with van der Waals surface area (Å²) in [5.41, 5.74) is -0.396. The fraction of sp³-hybridized carbons (Fsp3) is 0.381. The molecule has 1 atom stereocenters. The highest BCUT2D eigenvalue weighted by atomic mass is 32.2. The summed E-state index contributed by atoms with van der Waals surface area (Å²) in [5, 5.41) is 2.78. The van der Waals surface area contributed by atoms with Crippen molar-refractivity contribution >= 4 is 21.6 Å². The SMILES string of the molecule is CC(CNC(=O)CCCN(c1ccccc1C(F)(F)F)S(C)(=O)=O)c1ccccc1. The Balaban J connectivity index is 1.97. The Morgan fingerprint density at radius 3 is 2.27 bits per heavy atom. The summed E-state index contributed by atoms with van der Waals surface area (Å²) in [6.45, 7) is 2.15. The van der Waals surface area contributed by atoms with Crippen molar-refractivity contribution in [3.8, 4) is 0 Å². The molecule has 30 heavy (non-hydrogen) atoms. The summed E-state index contributed by atoms with van der Waals surface area (Å²) in [5.74, 6) is -0.184. The number of nitrogens with zero attached hydrogens (tertiary/aromatic N) is 1. The third kappa shape index (κ3) is 6.76. The van der Waals surface area contributed by atoms with E-state index in [-0.39, 0.29) is 31.2 Å². The van der Waals surface area contributed by atoms with Crippen molar-refractivity contribution in [2.45, 2.75) is 31.9 Å². The Labute approximate surface area is 175 Å². The van der Waals surface area contributed by atoms with Crippen LogP contribution >= 0.6 is 0 Å². The Hall–Kier alpha value is -2.55. The fourth-order valence-electron chi connectivity index (χ4n) is 3.03. The highest BCUT2D eigenvalue weighted by Gasteiger charge is 2.36. The summed E-state index contributed by atoms with van der Waals surface area (Å²) < 4.78 is 64.8. The standard InChI is InChI=1S/C21H25F3N2O3S/c1-16(17-9-4-3-5-10-17)15-25-20(27)13-8-14-26(30(2,28)29)19-12-7-6-11-18(19)21(22,23)24/h3-7,9-12,16H,8,13-15H2,1-2H3,(H,25,27). The molecule has 0 saturated heterocycles. The van der Waals surface area contributed by atoms with Crippen molar-refractivity contribution in [3.63, 3.8) is 0 Å². The maximum atomic E-state index is 13.3. The Bertz CT molecular complexity index is 947. The first kappa shape index (κ1) is 23.7. The van der Waals surface area contributed by atoms with Gasteiger partial charge in [-0.15, -0.1) is 0 Å². The molecule has 164 valence electrons. The Kier molecular flexibility index (Phi) is 7.89. The van der Waals surface area contributed by atoms with Gasteiger partial charge in [-0.05, 0) is 30.0 Å². The summed E-state index contributed by atoms with van der Waals surface area (Å²) in [6, 6.07) is 14.1. The van der Waals surface area contributed by atoms with Crippen molar-refractivity contribution < 1.29 is 26.4 Å². The molecule has 0 heterocycles. The maximum absolute atomic E-state index is 13.3. The average molecular weight is 443 g/mol. The average Bonchev–Trinajstić information content (AvgIpc) is 2.68. The summed E-state index contributed by atoms with van der Waals surface area (Å²) >= 11 is 0. The van der Waals surface area contributed by atoms with E-state index in [2.05, 4.69) is 5.32 Å². The quantitative estimate of drug-likeness (QED) is 0.634. The Morgan fingerprint density at radius 2 is 1.67 bits per heavy atom. The van der Waals surface area contributed by atoms with Gasteiger partial charge in [0.05, 0.1) is 17.5 Å². The molecule has 5 nitrogen and oxygen atoms in total. The van der Waals surface area contributed by atoms with E-state index in [4.69, 9.17) is 0 Å². The van der Waals surface area contributed by atoms with Gasteiger partial charge < -0.3 is 5.32 Å². The van der Waals surface area contributed by atoms with Crippen molar-refractivity contribution in [2.24, 2.45) is 0 Å². The van der Waals surface area contributed by atoms with Crippen LogP contribution in [0.2, 0.25) is 0 Å². The number of para-hydroxylation sites is 1. The number of alkyl halides is 3. The number of halogens is 3. The molecule has 0 bridgehead atoms. The van der Waals surface area contributed by atoms with Crippen molar-refractivity contribution in [3.05, 3.63) is 65.7 Å². The highest BCUT2D eigenvalue weighted by Crippen LogP contribution is 2.37. The minimum Gasteiger partial charge on any atom is -0.356 e. The first-order valence-corrected chi connectivity index (χ1v) is 11.3. The van der Waals surface area contributed by atoms with Crippen LogP contribution in [-0.2, 0) is 21.0 Å². The van der Waals surface area contributed by atoms with Gasteiger partial charge in [-0.3, -0.25) is 9.10 Å². The molecule has 2 aromatic carbocycles. The zero-order valence-corrected chi connectivity index (χ0v) is 17.6. The minimum atomic E-state index is -4.69. The summed E-state index contributed by atoms with van der Waals surface area (Å²) in [4.78, 5) is 12.1.